The minimum absolute atomic E-state index is 0.249. The van der Waals surface area contributed by atoms with Crippen LogP contribution in [0.4, 0.5) is 0 Å². The van der Waals surface area contributed by atoms with Crippen LogP contribution >= 0.6 is 29.9 Å². The van der Waals surface area contributed by atoms with Crippen molar-refractivity contribution >= 4 is 29.9 Å². The lowest BCUT2D eigenvalue weighted by atomic mass is 10.1. The van der Waals surface area contributed by atoms with Gasteiger partial charge in [-0.15, -0.1) is 9.03 Å². The Morgan fingerprint density at radius 2 is 0.919 bits per heavy atom. The highest BCUT2D eigenvalue weighted by molar-refractivity contribution is 7.79. The second kappa shape index (κ2) is 13.5. The molecule has 0 saturated carbocycles. The van der Waals surface area contributed by atoms with Crippen molar-refractivity contribution in [3.63, 3.8) is 0 Å². The van der Waals surface area contributed by atoms with Crippen LogP contribution < -0.4 is 10.2 Å². The molecule has 37 heavy (non-hydrogen) atoms. The van der Waals surface area contributed by atoms with Crippen LogP contribution in [-0.2, 0) is 0 Å². The Balaban J connectivity index is 9.13. The maximum Gasteiger partial charge on any atom is 0.450 e. The topological polar surface area (TPSA) is 99.7 Å². The zero-order valence-corrected chi connectivity index (χ0v) is 31.0. The Kier molecular flexibility index (Phi) is 13.7. The third-order valence-electron chi connectivity index (χ3n) is 5.90. The molecular formula is C21H61N12P4+. The van der Waals surface area contributed by atoms with Gasteiger partial charge in [-0.05, 0) is 119 Å². The fourth-order valence-electron chi connectivity index (χ4n) is 4.48. The first kappa shape index (κ1) is 37.6. The van der Waals surface area contributed by atoms with Crippen molar-refractivity contribution in [1.82, 2.24) is 32.7 Å². The van der Waals surface area contributed by atoms with Crippen molar-refractivity contribution in [1.29, 1.82) is 0 Å². The number of hydrogen-bond acceptors (Lipinski definition) is 0. The van der Waals surface area contributed by atoms with E-state index in [0.717, 1.165) is 0 Å². The molecule has 224 valence electrons. The second-order valence-corrected chi connectivity index (χ2v) is 25.7. The van der Waals surface area contributed by atoms with Crippen LogP contribution in [0.3, 0.4) is 0 Å². The summed E-state index contributed by atoms with van der Waals surface area (Å²) in [5.41, 5.74) is 7.13. The first-order chi connectivity index (χ1) is 16.4. The molecule has 0 spiro atoms. The van der Waals surface area contributed by atoms with E-state index in [1.54, 1.807) is 0 Å². The highest BCUT2D eigenvalue weighted by Crippen LogP contribution is 2.74. The van der Waals surface area contributed by atoms with Crippen LogP contribution in [0.1, 0.15) is 34.6 Å². The van der Waals surface area contributed by atoms with Crippen molar-refractivity contribution < 1.29 is 4.74 Å². The first-order valence-corrected chi connectivity index (χ1v) is 19.2. The third kappa shape index (κ3) is 8.31. The summed E-state index contributed by atoms with van der Waals surface area (Å²) in [5.74, 6) is 0. The van der Waals surface area contributed by atoms with Gasteiger partial charge in [0.2, 0.25) is 0 Å². The van der Waals surface area contributed by atoms with Gasteiger partial charge in [-0.25, -0.2) is 4.74 Å². The van der Waals surface area contributed by atoms with E-state index in [4.69, 9.17) is 19.1 Å². The molecule has 0 aromatic heterocycles. The molecule has 0 rings (SSSR count). The molecular weight excluding hydrogens is 544 g/mol. The van der Waals surface area contributed by atoms with Crippen LogP contribution in [0.2, 0.25) is 0 Å². The smallest absolute Gasteiger partial charge is 0.273 e. The molecule has 0 amide bonds. The SMILES string of the molecule is CC(C)P(=NP(N=P(N)(N(C)C)N(C)C)(N=P(N(C)C)(N(C)C)N(C)C)=[NH+]C(C)(C)C)(N(C)C)N(C)C. The van der Waals surface area contributed by atoms with Gasteiger partial charge >= 0.3 is 7.51 Å². The molecule has 0 aromatic carbocycles. The number of nitrogens with two attached hydrogens (primary N) is 1. The van der Waals surface area contributed by atoms with Gasteiger partial charge < -0.3 is 0 Å². The standard InChI is InChI=1S/C21H60N12P4/c1-20(2)34(27(6)7,28(8)9)24-36(23-21(3,4)5,25-35(22,29(10)11)30(12)13)26-37(31(14)15,32(16)17)33(18)19/h20H,22H2,1-19H3/p+1. The molecule has 3 N–H and O–H groups in total. The predicted octanol–water partition coefficient (Wildman–Crippen LogP) is 4.03. The van der Waals surface area contributed by atoms with E-state index in [2.05, 4.69) is 133 Å². The van der Waals surface area contributed by atoms with E-state index >= 15 is 0 Å². The summed E-state index contributed by atoms with van der Waals surface area (Å²) < 4.78 is 36.5. The molecule has 1 atom stereocenters. The lowest BCUT2D eigenvalue weighted by Crippen LogP contribution is -2.79. The second-order valence-electron chi connectivity index (χ2n) is 12.0. The lowest BCUT2D eigenvalue weighted by Gasteiger charge is -2.43. The highest BCUT2D eigenvalue weighted by atomic mass is 31.3. The quantitative estimate of drug-likeness (QED) is 0.341. The van der Waals surface area contributed by atoms with E-state index in [0.29, 0.717) is 0 Å². The molecule has 0 aliphatic carbocycles. The molecule has 0 aliphatic heterocycles. The predicted molar refractivity (Wildman–Crippen MR) is 171 cm³/mol. The van der Waals surface area contributed by atoms with Crippen LogP contribution in [0.15, 0.2) is 13.5 Å². The summed E-state index contributed by atoms with van der Waals surface area (Å²) in [4.78, 5) is 0. The Labute approximate surface area is 230 Å². The molecule has 0 fully saturated rings. The molecule has 0 aliphatic rings. The minimum atomic E-state index is -3.06. The van der Waals surface area contributed by atoms with Gasteiger partial charge in [0.15, 0.2) is 20.6 Å². The van der Waals surface area contributed by atoms with Gasteiger partial charge in [0.25, 0.3) is 0 Å². The molecule has 0 heterocycles. The van der Waals surface area contributed by atoms with Crippen LogP contribution in [0.25, 0.3) is 0 Å². The third-order valence-corrected chi connectivity index (χ3v) is 22.2. The molecule has 1 unspecified atom stereocenters. The average Bonchev–Trinajstić information content (AvgIpc) is 2.66. The summed E-state index contributed by atoms with van der Waals surface area (Å²) in [6, 6.07) is 0. The van der Waals surface area contributed by atoms with E-state index in [1.165, 1.54) is 0 Å². The van der Waals surface area contributed by atoms with Gasteiger partial charge in [-0.2, -0.15) is 4.52 Å². The summed E-state index contributed by atoms with van der Waals surface area (Å²) in [5, 5.41) is 0. The summed E-state index contributed by atoms with van der Waals surface area (Å²) >= 11 is 0. The van der Waals surface area contributed by atoms with E-state index in [-0.39, 0.29) is 11.2 Å². The Bertz CT molecular complexity index is 855. The summed E-state index contributed by atoms with van der Waals surface area (Å²) in [7, 11) is 18.7. The molecule has 0 saturated heterocycles. The van der Waals surface area contributed by atoms with Crippen LogP contribution in [0.5, 0.6) is 0 Å². The maximum absolute atomic E-state index is 7.20. The monoisotopic (exact) mass is 605 g/mol. The zero-order chi connectivity index (χ0) is 29.9. The van der Waals surface area contributed by atoms with Gasteiger partial charge in [-0.1, -0.05) is 13.8 Å². The molecule has 0 aromatic rings. The van der Waals surface area contributed by atoms with Crippen LogP contribution in [-0.4, -0.2) is 143 Å². The first-order valence-electron chi connectivity index (χ1n) is 12.5. The van der Waals surface area contributed by atoms with Crippen molar-refractivity contribution in [2.45, 2.75) is 45.8 Å². The number of nitrogens with one attached hydrogen (secondary N) is 1. The van der Waals surface area contributed by atoms with E-state index in [9.17, 15) is 0 Å². The van der Waals surface area contributed by atoms with E-state index < -0.39 is 29.9 Å². The maximum atomic E-state index is 7.20. The van der Waals surface area contributed by atoms with Crippen molar-refractivity contribution in [2.24, 2.45) is 19.1 Å². The lowest BCUT2D eigenvalue weighted by molar-refractivity contribution is -0.520. The number of hydrogen-bond donors (Lipinski definition) is 2. The highest BCUT2D eigenvalue weighted by Gasteiger charge is 2.44. The van der Waals surface area contributed by atoms with Crippen LogP contribution in [0, 0.1) is 0 Å². The zero-order valence-electron chi connectivity index (χ0n) is 27.4. The molecule has 0 bridgehead atoms. The minimum Gasteiger partial charge on any atom is -0.273 e. The Morgan fingerprint density at radius 3 is 1.14 bits per heavy atom. The summed E-state index contributed by atoms with van der Waals surface area (Å²) in [6.07, 6.45) is 0. The van der Waals surface area contributed by atoms with Crippen molar-refractivity contribution in [3.05, 3.63) is 0 Å². The van der Waals surface area contributed by atoms with Crippen molar-refractivity contribution in [2.75, 3.05) is 98.7 Å². The van der Waals surface area contributed by atoms with Gasteiger partial charge in [-0.3, -0.25) is 38.2 Å². The normalized spacial score (nSPS) is 16.1. The summed E-state index contributed by atoms with van der Waals surface area (Å²) in [6.45, 7) is 11.0. The van der Waals surface area contributed by atoms with Crippen molar-refractivity contribution in [3.8, 4) is 0 Å². The van der Waals surface area contributed by atoms with E-state index in [1.807, 2.05) is 37.5 Å². The van der Waals surface area contributed by atoms with Gasteiger partial charge in [0.1, 0.15) is 7.36 Å². The van der Waals surface area contributed by atoms with Gasteiger partial charge in [0, 0.05) is 5.66 Å². The molecule has 0 radical (unpaired) electrons. The fraction of sp³-hybridized carbons (Fsp3) is 1.00. The number of rotatable bonds is 11. The van der Waals surface area contributed by atoms with Gasteiger partial charge in [0.05, 0.1) is 0 Å². The molecule has 12 nitrogen and oxygen atoms in total. The molecule has 16 heteroatoms. The Hall–Kier alpha value is 0.600. The average molecular weight is 606 g/mol. The fourth-order valence-corrected chi connectivity index (χ4v) is 22.3. The number of nitrogens with zero attached hydrogens (tertiary/aromatic N) is 10. The Morgan fingerprint density at radius 1 is 0.568 bits per heavy atom. The largest absolute Gasteiger partial charge is 0.450 e.